The first-order chi connectivity index (χ1) is 30.0. The Morgan fingerprint density at radius 3 is 2.16 bits per heavy atom. The van der Waals surface area contributed by atoms with Crippen LogP contribution in [-0.2, 0) is 22.2 Å². The number of ether oxygens (including phenoxy) is 1. The fraction of sp³-hybridized carbons (Fsp3) is 0.449. The van der Waals surface area contributed by atoms with Crippen LogP contribution in [0.25, 0.3) is 21.1 Å². The average molecular weight is 942 g/mol. The number of carboxylic acid groups (broad SMARTS) is 2. The summed E-state index contributed by atoms with van der Waals surface area (Å²) in [6.07, 6.45) is 4.31. The van der Waals surface area contributed by atoms with Gasteiger partial charge in [-0.3, -0.25) is 4.79 Å². The summed E-state index contributed by atoms with van der Waals surface area (Å²) in [5.74, 6) is 2.40. The van der Waals surface area contributed by atoms with Gasteiger partial charge in [-0.1, -0.05) is 63.4 Å². The van der Waals surface area contributed by atoms with E-state index in [1.165, 1.54) is 57.7 Å². The van der Waals surface area contributed by atoms with Crippen molar-refractivity contribution in [3.8, 4) is 5.75 Å². The lowest BCUT2D eigenvalue weighted by atomic mass is 9.93. The van der Waals surface area contributed by atoms with Gasteiger partial charge in [-0.25, -0.2) is 9.78 Å². The Labute approximate surface area is 385 Å². The molecular weight excluding hydrogens is 884 g/mol. The Bertz CT molecular complexity index is 2470. The van der Waals surface area contributed by atoms with Crippen LogP contribution in [0.5, 0.6) is 5.75 Å². The number of thiazole rings is 1. The van der Waals surface area contributed by atoms with Crippen LogP contribution >= 0.6 is 46.2 Å². The van der Waals surface area contributed by atoms with Gasteiger partial charge in [0.25, 0.3) is 0 Å². The SMILES string of the molecule is CCCCC(CCSc1ccc(OCC(=O)O)c(C)c1)c1sc2ccc(C(F)(F)F)cc2c1C.CCCCC(CCSc1nc(C)c(CC(=O)O)s1)c1oc2cc(C)ccc2c1C. The Hall–Kier alpha value is -3.98. The van der Waals surface area contributed by atoms with Gasteiger partial charge in [0.1, 0.15) is 21.4 Å². The molecule has 6 aromatic rings. The molecule has 2 unspecified atom stereocenters. The molecule has 3 aromatic carbocycles. The second-order valence-electron chi connectivity index (χ2n) is 16.0. The normalized spacial score (nSPS) is 12.7. The van der Waals surface area contributed by atoms with Crippen LogP contribution in [0.15, 0.2) is 68.2 Å². The van der Waals surface area contributed by atoms with Crippen molar-refractivity contribution in [3.63, 3.8) is 0 Å². The number of unbranched alkanes of at least 4 members (excludes halogenated alkanes) is 2. The van der Waals surface area contributed by atoms with Gasteiger partial charge >= 0.3 is 18.1 Å². The van der Waals surface area contributed by atoms with Crippen molar-refractivity contribution in [1.82, 2.24) is 4.98 Å². The number of fused-ring (bicyclic) bond motifs is 2. The van der Waals surface area contributed by atoms with Crippen molar-refractivity contribution < 1.29 is 42.1 Å². The number of benzene rings is 3. The van der Waals surface area contributed by atoms with Crippen LogP contribution in [-0.4, -0.2) is 45.2 Å². The van der Waals surface area contributed by atoms with Crippen molar-refractivity contribution in [3.05, 3.63) is 104 Å². The van der Waals surface area contributed by atoms with E-state index in [2.05, 4.69) is 50.9 Å². The largest absolute Gasteiger partial charge is 0.482 e. The van der Waals surface area contributed by atoms with Gasteiger partial charge < -0.3 is 19.4 Å². The van der Waals surface area contributed by atoms with E-state index in [1.54, 1.807) is 47.0 Å². The number of halogens is 3. The zero-order valence-corrected chi connectivity index (χ0v) is 40.3. The lowest BCUT2D eigenvalue weighted by Crippen LogP contribution is -2.10. The van der Waals surface area contributed by atoms with Crippen LogP contribution in [0.3, 0.4) is 0 Å². The summed E-state index contributed by atoms with van der Waals surface area (Å²) >= 11 is 6.58. The predicted molar refractivity (Wildman–Crippen MR) is 255 cm³/mol. The maximum atomic E-state index is 13.2. The lowest BCUT2D eigenvalue weighted by molar-refractivity contribution is -0.139. The number of aryl methyl sites for hydroxylation is 5. The van der Waals surface area contributed by atoms with Gasteiger partial charge in [0.05, 0.1) is 17.7 Å². The van der Waals surface area contributed by atoms with Crippen LogP contribution in [0.4, 0.5) is 13.2 Å². The molecule has 2 atom stereocenters. The lowest BCUT2D eigenvalue weighted by Gasteiger charge is -2.17. The minimum atomic E-state index is -4.34. The molecule has 0 aliphatic carbocycles. The molecule has 0 saturated heterocycles. The summed E-state index contributed by atoms with van der Waals surface area (Å²) < 4.78 is 53.1. The number of aliphatic carboxylic acids is 2. The third-order valence-corrected chi connectivity index (χ3v) is 15.9. The minimum Gasteiger partial charge on any atom is -0.482 e. The molecule has 0 amide bonds. The minimum absolute atomic E-state index is 0.0563. The summed E-state index contributed by atoms with van der Waals surface area (Å²) in [5.41, 5.74) is 5.56. The van der Waals surface area contributed by atoms with Gasteiger partial charge in [-0.2, -0.15) is 13.2 Å². The maximum Gasteiger partial charge on any atom is 0.416 e. The van der Waals surface area contributed by atoms with E-state index in [1.807, 2.05) is 32.9 Å². The van der Waals surface area contributed by atoms with Crippen LogP contribution in [0, 0.1) is 34.6 Å². The molecule has 6 rings (SSSR count). The molecule has 14 heteroatoms. The van der Waals surface area contributed by atoms with E-state index in [-0.39, 0.29) is 13.0 Å². The molecule has 0 fully saturated rings. The van der Waals surface area contributed by atoms with E-state index < -0.39 is 23.7 Å². The molecule has 340 valence electrons. The van der Waals surface area contributed by atoms with Crippen molar-refractivity contribution in [2.45, 2.75) is 134 Å². The van der Waals surface area contributed by atoms with Gasteiger partial charge in [0, 0.05) is 36.4 Å². The number of alkyl halides is 3. The van der Waals surface area contributed by atoms with E-state index >= 15 is 0 Å². The fourth-order valence-electron chi connectivity index (χ4n) is 7.65. The number of thioether (sulfide) groups is 2. The smallest absolute Gasteiger partial charge is 0.416 e. The summed E-state index contributed by atoms with van der Waals surface area (Å²) in [6, 6.07) is 16.2. The Morgan fingerprint density at radius 1 is 0.794 bits per heavy atom. The molecule has 0 radical (unpaired) electrons. The molecule has 3 heterocycles. The highest BCUT2D eigenvalue weighted by atomic mass is 32.2. The first kappa shape index (κ1) is 50.0. The maximum absolute atomic E-state index is 13.2. The number of thiophene rings is 1. The second kappa shape index (κ2) is 23.3. The van der Waals surface area contributed by atoms with Gasteiger partial charge in [0.15, 0.2) is 6.61 Å². The quantitative estimate of drug-likeness (QED) is 0.0682. The third-order valence-electron chi connectivity index (χ3n) is 11.1. The van der Waals surface area contributed by atoms with Gasteiger partial charge in [0.2, 0.25) is 0 Å². The zero-order valence-electron chi connectivity index (χ0n) is 37.1. The molecule has 0 spiro atoms. The Balaban J connectivity index is 0.000000240. The predicted octanol–water partition coefficient (Wildman–Crippen LogP) is 15.4. The first-order valence-electron chi connectivity index (χ1n) is 21.5. The summed E-state index contributed by atoms with van der Waals surface area (Å²) in [5, 5.41) is 19.7. The summed E-state index contributed by atoms with van der Waals surface area (Å²) in [7, 11) is 0. The highest BCUT2D eigenvalue weighted by molar-refractivity contribution is 8.01. The number of hydrogen-bond donors (Lipinski definition) is 2. The zero-order chi connectivity index (χ0) is 45.8. The fourth-order valence-corrected chi connectivity index (χ4v) is 12.4. The number of hydrogen-bond acceptors (Lipinski definition) is 9. The van der Waals surface area contributed by atoms with Crippen molar-refractivity contribution in [2.75, 3.05) is 18.1 Å². The number of carbonyl (C=O) groups is 2. The Kier molecular flexibility index (Phi) is 18.5. The topological polar surface area (TPSA) is 110 Å². The molecule has 0 aliphatic heterocycles. The van der Waals surface area contributed by atoms with Crippen molar-refractivity contribution >= 4 is 79.2 Å². The molecule has 0 bridgehead atoms. The highest BCUT2D eigenvalue weighted by Crippen LogP contribution is 2.43. The molecule has 0 aliphatic rings. The van der Waals surface area contributed by atoms with Crippen LogP contribution in [0.2, 0.25) is 0 Å². The first-order valence-corrected chi connectivity index (χ1v) is 25.1. The van der Waals surface area contributed by atoms with Gasteiger partial charge in [-0.15, -0.1) is 34.4 Å². The number of carboxylic acids is 2. The summed E-state index contributed by atoms with van der Waals surface area (Å²) in [6.45, 7) is 14.0. The second-order valence-corrected chi connectivity index (χ2v) is 20.7. The number of furan rings is 1. The molecular formula is C49H58F3NO6S4. The van der Waals surface area contributed by atoms with E-state index in [0.29, 0.717) is 23.0 Å². The third kappa shape index (κ3) is 14.0. The van der Waals surface area contributed by atoms with Crippen molar-refractivity contribution in [2.24, 2.45) is 0 Å². The highest BCUT2D eigenvalue weighted by Gasteiger charge is 2.31. The Morgan fingerprint density at radius 2 is 1.49 bits per heavy atom. The molecule has 2 N–H and O–H groups in total. The van der Waals surface area contributed by atoms with Crippen molar-refractivity contribution in [1.29, 1.82) is 0 Å². The number of nitrogens with zero attached hydrogens (tertiary/aromatic N) is 1. The molecule has 63 heavy (non-hydrogen) atoms. The van der Waals surface area contributed by atoms with E-state index in [4.69, 9.17) is 19.4 Å². The van der Waals surface area contributed by atoms with Crippen LogP contribution in [0.1, 0.15) is 126 Å². The summed E-state index contributed by atoms with van der Waals surface area (Å²) in [4.78, 5) is 29.4. The van der Waals surface area contributed by atoms with E-state index in [0.717, 1.165) is 97.0 Å². The molecule has 0 saturated carbocycles. The monoisotopic (exact) mass is 941 g/mol. The standard InChI is InChI=1S/C26H29F3O3S2.C23H29NO3S2/c1-4-5-6-18(11-12-33-20-8-9-22(16(2)13-20)32-15-24(30)31)25-17(3)21-14-19(26(27,28)29)7-10-23(21)34-25;1-5-6-7-17(22-15(3)18-9-8-14(2)12-19(18)27-22)10-11-28-23-24-16(4)20(29-23)13-21(25)26/h7-10,13-14,18H,4-6,11-12,15H2,1-3H3,(H,30,31);8-9,12,17H,5-7,10-11,13H2,1-4H3,(H,25,26). The van der Waals surface area contributed by atoms with Crippen LogP contribution < -0.4 is 4.74 Å². The van der Waals surface area contributed by atoms with Gasteiger partial charge in [-0.05, 0) is 142 Å². The average Bonchev–Trinajstić information content (AvgIpc) is 3.86. The molecule has 3 aromatic heterocycles. The number of aromatic nitrogens is 1. The van der Waals surface area contributed by atoms with E-state index in [9.17, 15) is 22.8 Å². The number of rotatable bonds is 21. The molecule has 7 nitrogen and oxygen atoms in total.